The van der Waals surface area contributed by atoms with Crippen LogP contribution in [0.15, 0.2) is 0 Å². The summed E-state index contributed by atoms with van der Waals surface area (Å²) in [7, 11) is 0. The molecular weight excluding hydrogens is 162 g/mol. The molecule has 0 aromatic heterocycles. The fraction of sp³-hybridized carbons (Fsp3) is 1.00. The minimum absolute atomic E-state index is 0.317. The van der Waals surface area contributed by atoms with Crippen molar-refractivity contribution in [3.05, 3.63) is 0 Å². The average Bonchev–Trinajstić information content (AvgIpc) is 2.33. The molecule has 1 heterocycles. The Morgan fingerprint density at radius 3 is 2.00 bits per heavy atom. The summed E-state index contributed by atoms with van der Waals surface area (Å²) in [6.07, 6.45) is 5.35. The lowest BCUT2D eigenvalue weighted by molar-refractivity contribution is 0.0939. The van der Waals surface area contributed by atoms with Gasteiger partial charge in [-0.1, -0.05) is 26.7 Å². The van der Waals surface area contributed by atoms with Gasteiger partial charge in [0.2, 0.25) is 0 Å². The predicted molar refractivity (Wildman–Crippen MR) is 55.8 cm³/mol. The molecule has 1 saturated heterocycles. The number of rotatable bonds is 3. The SMILES string of the molecule is CC(C)C(CO)N1CCCCCC1. The number of aliphatic hydroxyl groups is 1. The summed E-state index contributed by atoms with van der Waals surface area (Å²) in [5.41, 5.74) is 0. The molecule has 2 nitrogen and oxygen atoms in total. The fourth-order valence-electron chi connectivity index (χ4n) is 2.17. The van der Waals surface area contributed by atoms with Crippen LogP contribution in [0.2, 0.25) is 0 Å². The molecule has 1 rings (SSSR count). The first kappa shape index (κ1) is 11.0. The third kappa shape index (κ3) is 3.28. The van der Waals surface area contributed by atoms with E-state index in [1.165, 1.54) is 38.8 Å². The zero-order valence-corrected chi connectivity index (χ0v) is 9.00. The van der Waals surface area contributed by atoms with Crippen molar-refractivity contribution >= 4 is 0 Å². The minimum atomic E-state index is 0.317. The molecule has 78 valence electrons. The highest BCUT2D eigenvalue weighted by atomic mass is 16.3. The van der Waals surface area contributed by atoms with Crippen molar-refractivity contribution in [2.24, 2.45) is 5.92 Å². The van der Waals surface area contributed by atoms with Crippen LogP contribution >= 0.6 is 0 Å². The van der Waals surface area contributed by atoms with Crippen LogP contribution in [-0.4, -0.2) is 35.7 Å². The normalized spacial score (nSPS) is 23.1. The molecule has 0 amide bonds. The van der Waals surface area contributed by atoms with Crippen molar-refractivity contribution in [2.75, 3.05) is 19.7 Å². The smallest absolute Gasteiger partial charge is 0.0589 e. The summed E-state index contributed by atoms with van der Waals surface area (Å²) in [4.78, 5) is 2.47. The van der Waals surface area contributed by atoms with Gasteiger partial charge in [0.05, 0.1) is 6.61 Å². The lowest BCUT2D eigenvalue weighted by atomic mass is 10.0. The Morgan fingerprint density at radius 1 is 1.08 bits per heavy atom. The first-order valence-corrected chi connectivity index (χ1v) is 5.60. The van der Waals surface area contributed by atoms with E-state index in [0.717, 1.165) is 0 Å². The van der Waals surface area contributed by atoms with Gasteiger partial charge in [-0.05, 0) is 31.8 Å². The standard InChI is InChI=1S/C11H23NO/c1-10(2)11(9-13)12-7-5-3-4-6-8-12/h10-11,13H,3-9H2,1-2H3. The minimum Gasteiger partial charge on any atom is -0.395 e. The molecule has 0 radical (unpaired) electrons. The fourth-order valence-corrected chi connectivity index (χ4v) is 2.17. The second-order valence-electron chi connectivity index (χ2n) is 4.44. The maximum atomic E-state index is 9.30. The number of aliphatic hydroxyl groups excluding tert-OH is 1. The molecule has 1 N–H and O–H groups in total. The Kier molecular flexibility index (Phi) is 4.74. The summed E-state index contributed by atoms with van der Waals surface area (Å²) >= 11 is 0. The number of hydrogen-bond acceptors (Lipinski definition) is 2. The molecule has 2 heteroatoms. The van der Waals surface area contributed by atoms with Crippen molar-refractivity contribution in [2.45, 2.75) is 45.6 Å². The van der Waals surface area contributed by atoms with Crippen LogP contribution in [-0.2, 0) is 0 Å². The molecule has 1 aliphatic rings. The van der Waals surface area contributed by atoms with Gasteiger partial charge in [-0.3, -0.25) is 4.90 Å². The zero-order valence-electron chi connectivity index (χ0n) is 9.00. The van der Waals surface area contributed by atoms with Gasteiger partial charge in [0, 0.05) is 6.04 Å². The summed E-state index contributed by atoms with van der Waals surface area (Å²) in [6, 6.07) is 0.387. The van der Waals surface area contributed by atoms with Gasteiger partial charge < -0.3 is 5.11 Å². The molecule has 0 bridgehead atoms. The van der Waals surface area contributed by atoms with Gasteiger partial charge in [-0.15, -0.1) is 0 Å². The predicted octanol–water partition coefficient (Wildman–Crippen LogP) is 1.88. The van der Waals surface area contributed by atoms with E-state index >= 15 is 0 Å². The van der Waals surface area contributed by atoms with Gasteiger partial charge in [0.15, 0.2) is 0 Å². The molecule has 1 unspecified atom stereocenters. The van der Waals surface area contributed by atoms with Crippen LogP contribution in [0.5, 0.6) is 0 Å². The summed E-state index contributed by atoms with van der Waals surface area (Å²) in [5, 5.41) is 9.30. The van der Waals surface area contributed by atoms with Crippen LogP contribution in [0.25, 0.3) is 0 Å². The van der Waals surface area contributed by atoms with E-state index in [1.54, 1.807) is 0 Å². The van der Waals surface area contributed by atoms with E-state index in [9.17, 15) is 5.11 Å². The van der Waals surface area contributed by atoms with Gasteiger partial charge in [-0.2, -0.15) is 0 Å². The molecule has 0 aromatic rings. The Labute approximate surface area is 81.9 Å². The summed E-state index contributed by atoms with van der Waals surface area (Å²) in [6.45, 7) is 7.09. The van der Waals surface area contributed by atoms with E-state index in [4.69, 9.17) is 0 Å². The summed E-state index contributed by atoms with van der Waals surface area (Å²) < 4.78 is 0. The highest BCUT2D eigenvalue weighted by molar-refractivity contribution is 4.75. The Hall–Kier alpha value is -0.0800. The van der Waals surface area contributed by atoms with E-state index in [1.807, 2.05) is 0 Å². The van der Waals surface area contributed by atoms with Gasteiger partial charge in [0.1, 0.15) is 0 Å². The number of likely N-dealkylation sites (tertiary alicyclic amines) is 1. The lowest BCUT2D eigenvalue weighted by Gasteiger charge is -2.31. The number of hydrogen-bond donors (Lipinski definition) is 1. The maximum absolute atomic E-state index is 9.30. The molecule has 0 aliphatic carbocycles. The quantitative estimate of drug-likeness (QED) is 0.725. The molecule has 1 fully saturated rings. The Bertz CT molecular complexity index is 128. The van der Waals surface area contributed by atoms with Crippen molar-refractivity contribution in [1.82, 2.24) is 4.90 Å². The number of nitrogens with zero attached hydrogens (tertiary/aromatic N) is 1. The highest BCUT2D eigenvalue weighted by Crippen LogP contribution is 2.16. The van der Waals surface area contributed by atoms with Crippen molar-refractivity contribution < 1.29 is 5.11 Å². The van der Waals surface area contributed by atoms with Crippen LogP contribution in [0.4, 0.5) is 0 Å². The van der Waals surface area contributed by atoms with Crippen LogP contribution in [0.3, 0.4) is 0 Å². The molecule has 13 heavy (non-hydrogen) atoms. The topological polar surface area (TPSA) is 23.5 Å². The summed E-state index contributed by atoms with van der Waals surface area (Å²) in [5.74, 6) is 0.572. The molecule has 1 aliphatic heterocycles. The Morgan fingerprint density at radius 2 is 1.62 bits per heavy atom. The van der Waals surface area contributed by atoms with E-state index in [-0.39, 0.29) is 0 Å². The second-order valence-corrected chi connectivity index (χ2v) is 4.44. The maximum Gasteiger partial charge on any atom is 0.0589 e. The van der Waals surface area contributed by atoms with Gasteiger partial charge in [-0.25, -0.2) is 0 Å². The molecule has 0 aromatic carbocycles. The second kappa shape index (κ2) is 5.61. The van der Waals surface area contributed by atoms with E-state index in [2.05, 4.69) is 18.7 Å². The zero-order chi connectivity index (χ0) is 9.68. The average molecular weight is 185 g/mol. The largest absolute Gasteiger partial charge is 0.395 e. The van der Waals surface area contributed by atoms with Crippen molar-refractivity contribution in [3.8, 4) is 0 Å². The molecule has 0 spiro atoms. The van der Waals surface area contributed by atoms with Gasteiger partial charge in [0.25, 0.3) is 0 Å². The van der Waals surface area contributed by atoms with Crippen LogP contribution in [0.1, 0.15) is 39.5 Å². The van der Waals surface area contributed by atoms with E-state index < -0.39 is 0 Å². The molecule has 1 atom stereocenters. The van der Waals surface area contributed by atoms with Gasteiger partial charge >= 0.3 is 0 Å². The molecular formula is C11H23NO. The molecule has 0 saturated carbocycles. The van der Waals surface area contributed by atoms with Crippen LogP contribution < -0.4 is 0 Å². The highest BCUT2D eigenvalue weighted by Gasteiger charge is 2.21. The lowest BCUT2D eigenvalue weighted by Crippen LogP contribution is -2.42. The first-order valence-electron chi connectivity index (χ1n) is 5.60. The van der Waals surface area contributed by atoms with Crippen molar-refractivity contribution in [3.63, 3.8) is 0 Å². The van der Waals surface area contributed by atoms with E-state index in [0.29, 0.717) is 18.6 Å². The first-order chi connectivity index (χ1) is 6.25. The van der Waals surface area contributed by atoms with Crippen LogP contribution in [0, 0.1) is 5.92 Å². The third-order valence-electron chi connectivity index (χ3n) is 3.07. The third-order valence-corrected chi connectivity index (χ3v) is 3.07. The Balaban J connectivity index is 2.45. The monoisotopic (exact) mass is 185 g/mol. The van der Waals surface area contributed by atoms with Crippen molar-refractivity contribution in [1.29, 1.82) is 0 Å².